The third-order valence-electron chi connectivity index (χ3n) is 4.37. The van der Waals surface area contributed by atoms with Crippen LogP contribution in [-0.2, 0) is 9.59 Å². The maximum absolute atomic E-state index is 12.5. The Kier molecular flexibility index (Phi) is 4.80. The molecule has 1 N–H and O–H groups in total. The van der Waals surface area contributed by atoms with Crippen LogP contribution in [0.15, 0.2) is 0 Å². The molecule has 19 heavy (non-hydrogen) atoms. The van der Waals surface area contributed by atoms with Crippen molar-refractivity contribution in [3.8, 4) is 0 Å². The second-order valence-corrected chi connectivity index (χ2v) is 5.65. The standard InChI is InChI=1S/C14H24N2O3/c1-11(15-8-4-2-3-5-9-15)13(17)16-10-6-7-12(16)14(18)19/h11-12H,2-10H2,1H3,(H,18,19)/t11-,12+/m1/s1. The van der Waals surface area contributed by atoms with E-state index >= 15 is 0 Å². The zero-order valence-electron chi connectivity index (χ0n) is 11.7. The quantitative estimate of drug-likeness (QED) is 0.839. The highest BCUT2D eigenvalue weighted by Gasteiger charge is 2.37. The summed E-state index contributed by atoms with van der Waals surface area (Å²) in [4.78, 5) is 27.4. The van der Waals surface area contributed by atoms with E-state index in [2.05, 4.69) is 4.90 Å². The highest BCUT2D eigenvalue weighted by Crippen LogP contribution is 2.21. The first kappa shape index (κ1) is 14.3. The van der Waals surface area contributed by atoms with Crippen LogP contribution in [0.5, 0.6) is 0 Å². The van der Waals surface area contributed by atoms with Crippen LogP contribution >= 0.6 is 0 Å². The van der Waals surface area contributed by atoms with Gasteiger partial charge in [-0.3, -0.25) is 9.69 Å². The molecule has 0 bridgehead atoms. The van der Waals surface area contributed by atoms with Crippen molar-refractivity contribution in [1.29, 1.82) is 0 Å². The monoisotopic (exact) mass is 268 g/mol. The largest absolute Gasteiger partial charge is 0.480 e. The second kappa shape index (κ2) is 6.37. The minimum atomic E-state index is -0.867. The molecule has 0 aliphatic carbocycles. The first-order valence-electron chi connectivity index (χ1n) is 7.38. The van der Waals surface area contributed by atoms with Gasteiger partial charge in [-0.05, 0) is 45.7 Å². The van der Waals surface area contributed by atoms with Crippen LogP contribution in [0.3, 0.4) is 0 Å². The Labute approximate surface area is 114 Å². The lowest BCUT2D eigenvalue weighted by Gasteiger charge is -2.31. The van der Waals surface area contributed by atoms with Gasteiger partial charge in [-0.25, -0.2) is 4.79 Å². The smallest absolute Gasteiger partial charge is 0.326 e. The van der Waals surface area contributed by atoms with E-state index in [4.69, 9.17) is 5.11 Å². The summed E-state index contributed by atoms with van der Waals surface area (Å²) in [5.74, 6) is -0.874. The van der Waals surface area contributed by atoms with Crippen molar-refractivity contribution in [3.63, 3.8) is 0 Å². The average molecular weight is 268 g/mol. The number of carboxylic acids is 1. The number of amides is 1. The van der Waals surface area contributed by atoms with Gasteiger partial charge in [0.25, 0.3) is 0 Å². The number of hydrogen-bond donors (Lipinski definition) is 1. The van der Waals surface area contributed by atoms with E-state index in [1.807, 2.05) is 6.92 Å². The second-order valence-electron chi connectivity index (χ2n) is 5.65. The predicted octanol–water partition coefficient (Wildman–Crippen LogP) is 1.33. The summed E-state index contributed by atoms with van der Waals surface area (Å²) >= 11 is 0. The molecule has 1 amide bonds. The minimum absolute atomic E-state index is 0.00759. The van der Waals surface area contributed by atoms with E-state index in [0.717, 1.165) is 32.4 Å². The Morgan fingerprint density at radius 3 is 2.26 bits per heavy atom. The molecule has 5 nitrogen and oxygen atoms in total. The van der Waals surface area contributed by atoms with E-state index in [0.29, 0.717) is 13.0 Å². The first-order valence-corrected chi connectivity index (χ1v) is 7.38. The summed E-state index contributed by atoms with van der Waals surface area (Å²) in [7, 11) is 0. The van der Waals surface area contributed by atoms with E-state index in [9.17, 15) is 9.59 Å². The number of carbonyl (C=O) groups excluding carboxylic acids is 1. The maximum atomic E-state index is 12.5. The van der Waals surface area contributed by atoms with Gasteiger partial charge in [0.15, 0.2) is 0 Å². The summed E-state index contributed by atoms with van der Waals surface area (Å²) in [5, 5.41) is 9.16. The zero-order valence-corrected chi connectivity index (χ0v) is 11.7. The zero-order chi connectivity index (χ0) is 13.8. The molecule has 0 aromatic heterocycles. The molecule has 108 valence electrons. The van der Waals surface area contributed by atoms with Gasteiger partial charge in [0.2, 0.25) is 5.91 Å². The molecule has 2 saturated heterocycles. The molecule has 2 atom stereocenters. The Morgan fingerprint density at radius 1 is 1.05 bits per heavy atom. The number of aliphatic carboxylic acids is 1. The number of carboxylic acid groups (broad SMARTS) is 1. The Balaban J connectivity index is 1.99. The summed E-state index contributed by atoms with van der Waals surface area (Å²) in [5.41, 5.74) is 0. The van der Waals surface area contributed by atoms with Gasteiger partial charge in [-0.15, -0.1) is 0 Å². The van der Waals surface area contributed by atoms with Gasteiger partial charge in [0.05, 0.1) is 6.04 Å². The molecule has 0 radical (unpaired) electrons. The van der Waals surface area contributed by atoms with Gasteiger partial charge >= 0.3 is 5.97 Å². The number of likely N-dealkylation sites (tertiary alicyclic amines) is 2. The average Bonchev–Trinajstić information content (AvgIpc) is 2.73. The van der Waals surface area contributed by atoms with Crippen LogP contribution in [0.25, 0.3) is 0 Å². The molecule has 0 unspecified atom stereocenters. The van der Waals surface area contributed by atoms with Gasteiger partial charge < -0.3 is 10.0 Å². The van der Waals surface area contributed by atoms with Crippen LogP contribution in [0, 0.1) is 0 Å². The topological polar surface area (TPSA) is 60.9 Å². The van der Waals surface area contributed by atoms with Crippen molar-refractivity contribution < 1.29 is 14.7 Å². The summed E-state index contributed by atoms with van der Waals surface area (Å²) < 4.78 is 0. The van der Waals surface area contributed by atoms with E-state index < -0.39 is 12.0 Å². The molecule has 2 heterocycles. The van der Waals surface area contributed by atoms with Gasteiger partial charge in [0.1, 0.15) is 6.04 Å². The lowest BCUT2D eigenvalue weighted by atomic mass is 10.2. The van der Waals surface area contributed by atoms with Crippen LogP contribution in [0.2, 0.25) is 0 Å². The van der Waals surface area contributed by atoms with Crippen molar-refractivity contribution in [2.45, 2.75) is 57.5 Å². The van der Waals surface area contributed by atoms with Crippen molar-refractivity contribution >= 4 is 11.9 Å². The highest BCUT2D eigenvalue weighted by molar-refractivity contribution is 5.87. The number of nitrogens with zero attached hydrogens (tertiary/aromatic N) is 2. The fourth-order valence-corrected chi connectivity index (χ4v) is 3.17. The Hall–Kier alpha value is -1.10. The third kappa shape index (κ3) is 3.26. The van der Waals surface area contributed by atoms with E-state index in [1.54, 1.807) is 4.90 Å². The lowest BCUT2D eigenvalue weighted by molar-refractivity contribution is -0.150. The van der Waals surface area contributed by atoms with Gasteiger partial charge in [-0.1, -0.05) is 12.8 Å². The van der Waals surface area contributed by atoms with Crippen LogP contribution in [0.1, 0.15) is 45.4 Å². The summed E-state index contributed by atoms with van der Waals surface area (Å²) in [6.45, 7) is 4.43. The minimum Gasteiger partial charge on any atom is -0.480 e. The maximum Gasteiger partial charge on any atom is 0.326 e. The molecule has 2 aliphatic rings. The fourth-order valence-electron chi connectivity index (χ4n) is 3.17. The lowest BCUT2D eigenvalue weighted by Crippen LogP contribution is -2.50. The SMILES string of the molecule is C[C@H](C(=O)N1CCC[C@H]1C(=O)O)N1CCCCCC1. The normalized spacial score (nSPS) is 27.0. The Morgan fingerprint density at radius 2 is 1.68 bits per heavy atom. The Bertz CT molecular complexity index is 338. The molecule has 2 rings (SSSR count). The van der Waals surface area contributed by atoms with E-state index in [-0.39, 0.29) is 11.9 Å². The molecule has 0 aromatic rings. The van der Waals surface area contributed by atoms with Gasteiger partial charge in [-0.2, -0.15) is 0 Å². The van der Waals surface area contributed by atoms with Crippen molar-refractivity contribution in [2.75, 3.05) is 19.6 Å². The van der Waals surface area contributed by atoms with Gasteiger partial charge in [0, 0.05) is 6.54 Å². The van der Waals surface area contributed by atoms with Crippen molar-refractivity contribution in [3.05, 3.63) is 0 Å². The number of rotatable bonds is 3. The van der Waals surface area contributed by atoms with Crippen LogP contribution in [0.4, 0.5) is 0 Å². The molecule has 2 aliphatic heterocycles. The van der Waals surface area contributed by atoms with Crippen molar-refractivity contribution in [2.24, 2.45) is 0 Å². The molecule has 0 saturated carbocycles. The van der Waals surface area contributed by atoms with Crippen LogP contribution in [-0.4, -0.2) is 58.5 Å². The van der Waals surface area contributed by atoms with E-state index in [1.165, 1.54) is 12.8 Å². The summed E-state index contributed by atoms with van der Waals surface area (Å²) in [6.07, 6.45) is 6.14. The molecule has 0 aromatic carbocycles. The molecule has 0 spiro atoms. The first-order chi connectivity index (χ1) is 9.11. The highest BCUT2D eigenvalue weighted by atomic mass is 16.4. The molecule has 5 heteroatoms. The summed E-state index contributed by atoms with van der Waals surface area (Å²) in [6, 6.07) is -0.792. The van der Waals surface area contributed by atoms with Crippen molar-refractivity contribution in [1.82, 2.24) is 9.80 Å². The molecular weight excluding hydrogens is 244 g/mol. The molecule has 2 fully saturated rings. The fraction of sp³-hybridized carbons (Fsp3) is 0.857. The third-order valence-corrected chi connectivity index (χ3v) is 4.37. The number of carbonyl (C=O) groups is 2. The molecular formula is C14H24N2O3. The van der Waals surface area contributed by atoms with Crippen LogP contribution < -0.4 is 0 Å². The number of hydrogen-bond acceptors (Lipinski definition) is 3. The predicted molar refractivity (Wildman–Crippen MR) is 71.9 cm³/mol.